The Morgan fingerprint density at radius 3 is 2.62 bits per heavy atom. The third-order valence-electron chi connectivity index (χ3n) is 3.37. The summed E-state index contributed by atoms with van der Waals surface area (Å²) in [5.41, 5.74) is 2.38. The van der Waals surface area contributed by atoms with Crippen LogP contribution in [0.1, 0.15) is 21.9 Å². The zero-order valence-electron chi connectivity index (χ0n) is 14.4. The van der Waals surface area contributed by atoms with E-state index in [-0.39, 0.29) is 5.91 Å². The maximum absolute atomic E-state index is 12.2. The maximum atomic E-state index is 12.2. The quantitative estimate of drug-likeness (QED) is 0.791. The van der Waals surface area contributed by atoms with Crippen LogP contribution < -0.4 is 10.6 Å². The number of carbonyl (C=O) groups excluding carboxylic acids is 1. The van der Waals surface area contributed by atoms with Gasteiger partial charge in [0.25, 0.3) is 5.91 Å². The molecule has 0 saturated carbocycles. The van der Waals surface area contributed by atoms with E-state index in [4.69, 9.17) is 0 Å². The fraction of sp³-hybridized carbons (Fsp3) is 0.353. The second kappa shape index (κ2) is 8.21. The molecule has 2 rings (SSSR count). The van der Waals surface area contributed by atoms with Gasteiger partial charge in [-0.15, -0.1) is 0 Å². The third kappa shape index (κ3) is 5.28. The maximum Gasteiger partial charge on any atom is 0.270 e. The summed E-state index contributed by atoms with van der Waals surface area (Å²) >= 11 is 3.45. The van der Waals surface area contributed by atoms with Gasteiger partial charge in [0.2, 0.25) is 0 Å². The number of rotatable bonds is 6. The highest BCUT2D eigenvalue weighted by Crippen LogP contribution is 2.23. The van der Waals surface area contributed by atoms with Crippen LogP contribution in [0.5, 0.6) is 0 Å². The van der Waals surface area contributed by atoms with Gasteiger partial charge in [0, 0.05) is 29.3 Å². The molecule has 0 aliphatic carbocycles. The molecule has 7 heteroatoms. The number of carbonyl (C=O) groups is 1. The van der Waals surface area contributed by atoms with Gasteiger partial charge in [-0.2, -0.15) is 0 Å². The van der Waals surface area contributed by atoms with Crippen LogP contribution in [0.2, 0.25) is 0 Å². The normalized spacial score (nSPS) is 10.8. The monoisotopic (exact) mass is 391 g/mol. The summed E-state index contributed by atoms with van der Waals surface area (Å²) in [6.45, 7) is 5.13. The van der Waals surface area contributed by atoms with Gasteiger partial charge in [-0.25, -0.2) is 9.97 Å². The predicted molar refractivity (Wildman–Crippen MR) is 99.8 cm³/mol. The molecular formula is C17H22BrN5O. The summed E-state index contributed by atoms with van der Waals surface area (Å²) in [5, 5.41) is 6.11. The number of benzene rings is 1. The van der Waals surface area contributed by atoms with Crippen molar-refractivity contribution in [3.63, 3.8) is 0 Å². The van der Waals surface area contributed by atoms with E-state index in [1.54, 1.807) is 13.0 Å². The molecule has 2 aromatic rings. The zero-order chi connectivity index (χ0) is 17.7. The minimum absolute atomic E-state index is 0.196. The van der Waals surface area contributed by atoms with Gasteiger partial charge in [0.1, 0.15) is 17.3 Å². The second-order valence-electron chi connectivity index (χ2n) is 5.83. The Morgan fingerprint density at radius 2 is 1.96 bits per heavy atom. The van der Waals surface area contributed by atoms with E-state index in [9.17, 15) is 4.79 Å². The number of likely N-dealkylation sites (N-methyl/N-ethyl adjacent to an activating group) is 1. The Kier molecular flexibility index (Phi) is 6.28. The van der Waals surface area contributed by atoms with Crippen molar-refractivity contribution in [2.75, 3.05) is 32.5 Å². The summed E-state index contributed by atoms with van der Waals surface area (Å²) in [5.74, 6) is 0.955. The van der Waals surface area contributed by atoms with E-state index in [0.717, 1.165) is 22.3 Å². The molecule has 0 aliphatic heterocycles. The first-order valence-corrected chi connectivity index (χ1v) is 8.46. The van der Waals surface area contributed by atoms with Gasteiger partial charge < -0.3 is 15.5 Å². The van der Waals surface area contributed by atoms with Gasteiger partial charge >= 0.3 is 0 Å². The number of hydrogen-bond acceptors (Lipinski definition) is 5. The lowest BCUT2D eigenvalue weighted by Crippen LogP contribution is -2.32. The van der Waals surface area contributed by atoms with E-state index < -0.39 is 0 Å². The lowest BCUT2D eigenvalue weighted by atomic mass is 10.2. The third-order valence-corrected chi connectivity index (χ3v) is 3.86. The minimum atomic E-state index is -0.196. The number of aromatic nitrogens is 2. The van der Waals surface area contributed by atoms with Crippen LogP contribution in [0.25, 0.3) is 0 Å². The van der Waals surface area contributed by atoms with Crippen LogP contribution in [0.3, 0.4) is 0 Å². The SMILES string of the molecule is Cc1nc(Nc2ccc(Br)cc2C)cc(C(=O)NCCN(C)C)n1. The predicted octanol–water partition coefficient (Wildman–Crippen LogP) is 2.89. The van der Waals surface area contributed by atoms with Crippen molar-refractivity contribution in [2.24, 2.45) is 0 Å². The highest BCUT2D eigenvalue weighted by molar-refractivity contribution is 9.10. The van der Waals surface area contributed by atoms with Gasteiger partial charge in [0.05, 0.1) is 0 Å². The molecular weight excluding hydrogens is 370 g/mol. The Hall–Kier alpha value is -1.99. The van der Waals surface area contributed by atoms with E-state index in [0.29, 0.717) is 23.9 Å². The molecule has 1 aromatic heterocycles. The fourth-order valence-electron chi connectivity index (χ4n) is 2.14. The van der Waals surface area contributed by atoms with Crippen LogP contribution in [-0.2, 0) is 0 Å². The molecule has 1 aromatic carbocycles. The highest BCUT2D eigenvalue weighted by atomic mass is 79.9. The van der Waals surface area contributed by atoms with Crippen molar-refractivity contribution < 1.29 is 4.79 Å². The number of halogens is 1. The molecule has 24 heavy (non-hydrogen) atoms. The standard InChI is InChI=1S/C17H22BrN5O/c1-11-9-13(18)5-6-14(11)22-16-10-15(20-12(2)21-16)17(24)19-7-8-23(3)4/h5-6,9-10H,7-8H2,1-4H3,(H,19,24)(H,20,21,22). The van der Waals surface area contributed by atoms with Crippen molar-refractivity contribution in [1.82, 2.24) is 20.2 Å². The zero-order valence-corrected chi connectivity index (χ0v) is 15.9. The topological polar surface area (TPSA) is 70.2 Å². The average molecular weight is 392 g/mol. The highest BCUT2D eigenvalue weighted by Gasteiger charge is 2.11. The summed E-state index contributed by atoms with van der Waals surface area (Å²) in [7, 11) is 3.92. The van der Waals surface area contributed by atoms with Crippen LogP contribution in [0, 0.1) is 13.8 Å². The molecule has 0 atom stereocenters. The van der Waals surface area contributed by atoms with Crippen LogP contribution in [0.15, 0.2) is 28.7 Å². The Morgan fingerprint density at radius 1 is 1.21 bits per heavy atom. The number of aryl methyl sites for hydroxylation is 2. The van der Waals surface area contributed by atoms with Gasteiger partial charge in [-0.1, -0.05) is 15.9 Å². The van der Waals surface area contributed by atoms with E-state index in [2.05, 4.69) is 36.5 Å². The molecule has 0 saturated heterocycles. The Bertz CT molecular complexity index is 733. The number of nitrogens with one attached hydrogen (secondary N) is 2. The largest absolute Gasteiger partial charge is 0.349 e. The van der Waals surface area contributed by atoms with Crippen molar-refractivity contribution in [3.8, 4) is 0 Å². The minimum Gasteiger partial charge on any atom is -0.349 e. The Labute approximate surface area is 150 Å². The lowest BCUT2D eigenvalue weighted by molar-refractivity contribution is 0.0945. The van der Waals surface area contributed by atoms with Crippen molar-refractivity contribution >= 4 is 33.3 Å². The lowest BCUT2D eigenvalue weighted by Gasteiger charge is -2.12. The molecule has 6 nitrogen and oxygen atoms in total. The molecule has 0 unspecified atom stereocenters. The van der Waals surface area contributed by atoms with Crippen LogP contribution in [0.4, 0.5) is 11.5 Å². The molecule has 1 heterocycles. The smallest absolute Gasteiger partial charge is 0.270 e. The fourth-order valence-corrected chi connectivity index (χ4v) is 2.61. The van der Waals surface area contributed by atoms with Crippen LogP contribution >= 0.6 is 15.9 Å². The molecule has 0 radical (unpaired) electrons. The molecule has 2 N–H and O–H groups in total. The van der Waals surface area contributed by atoms with E-state index in [1.165, 1.54) is 0 Å². The number of anilines is 2. The van der Waals surface area contributed by atoms with E-state index in [1.807, 2.05) is 44.1 Å². The first-order chi connectivity index (χ1) is 11.3. The Balaban J connectivity index is 2.14. The number of nitrogens with zero attached hydrogens (tertiary/aromatic N) is 3. The second-order valence-corrected chi connectivity index (χ2v) is 6.74. The van der Waals surface area contributed by atoms with Crippen LogP contribution in [-0.4, -0.2) is 48.0 Å². The average Bonchev–Trinajstić information content (AvgIpc) is 2.49. The summed E-state index contributed by atoms with van der Waals surface area (Å²) < 4.78 is 1.02. The molecule has 1 amide bonds. The van der Waals surface area contributed by atoms with E-state index >= 15 is 0 Å². The molecule has 0 spiro atoms. The molecule has 0 bridgehead atoms. The molecule has 0 fully saturated rings. The first kappa shape index (κ1) is 18.4. The van der Waals surface area contributed by atoms with Crippen molar-refractivity contribution in [1.29, 1.82) is 0 Å². The number of hydrogen-bond donors (Lipinski definition) is 2. The molecule has 128 valence electrons. The van der Waals surface area contributed by atoms with Crippen molar-refractivity contribution in [2.45, 2.75) is 13.8 Å². The number of amides is 1. The summed E-state index contributed by atoms with van der Waals surface area (Å²) in [4.78, 5) is 22.8. The van der Waals surface area contributed by atoms with Gasteiger partial charge in [-0.3, -0.25) is 4.79 Å². The summed E-state index contributed by atoms with van der Waals surface area (Å²) in [6, 6.07) is 7.61. The summed E-state index contributed by atoms with van der Waals surface area (Å²) in [6.07, 6.45) is 0. The van der Waals surface area contributed by atoms with Crippen molar-refractivity contribution in [3.05, 3.63) is 45.8 Å². The first-order valence-electron chi connectivity index (χ1n) is 7.67. The molecule has 0 aliphatic rings. The van der Waals surface area contributed by atoms with Gasteiger partial charge in [-0.05, 0) is 51.7 Å². The van der Waals surface area contributed by atoms with Gasteiger partial charge in [0.15, 0.2) is 0 Å².